The lowest BCUT2D eigenvalue weighted by atomic mass is 9.81. The quantitative estimate of drug-likeness (QED) is 0.587. The van der Waals surface area contributed by atoms with Crippen molar-refractivity contribution in [3.05, 3.63) is 29.8 Å². The van der Waals surface area contributed by atoms with Gasteiger partial charge >= 0.3 is 5.97 Å². The van der Waals surface area contributed by atoms with Crippen LogP contribution in [0.15, 0.2) is 24.3 Å². The summed E-state index contributed by atoms with van der Waals surface area (Å²) in [5.41, 5.74) is 0.955. The summed E-state index contributed by atoms with van der Waals surface area (Å²) < 4.78 is 5.13. The number of fused-ring (bicyclic) bond motifs is 5. The van der Waals surface area contributed by atoms with Crippen LogP contribution in [0, 0.1) is 23.7 Å². The second-order valence-electron chi connectivity index (χ2n) is 8.54. The van der Waals surface area contributed by atoms with Crippen LogP contribution >= 0.6 is 0 Å². The van der Waals surface area contributed by atoms with E-state index < -0.39 is 5.97 Å². The van der Waals surface area contributed by atoms with Crippen molar-refractivity contribution < 1.29 is 23.9 Å². The van der Waals surface area contributed by atoms with Crippen molar-refractivity contribution in [2.24, 2.45) is 23.7 Å². The largest absolute Gasteiger partial charge is 0.459 e. The lowest BCUT2D eigenvalue weighted by Gasteiger charge is -2.19. The highest BCUT2D eigenvalue weighted by atomic mass is 16.5. The van der Waals surface area contributed by atoms with Crippen LogP contribution < -0.4 is 5.32 Å². The van der Waals surface area contributed by atoms with E-state index in [0.717, 1.165) is 19.3 Å². The van der Waals surface area contributed by atoms with Gasteiger partial charge in [-0.25, -0.2) is 4.79 Å². The molecule has 3 amide bonds. The molecule has 7 nitrogen and oxygen atoms in total. The topological polar surface area (TPSA) is 92.8 Å². The average Bonchev–Trinajstić information content (AvgIpc) is 3.35. The molecule has 0 aromatic heterocycles. The smallest absolute Gasteiger partial charge is 0.338 e. The lowest BCUT2D eigenvalue weighted by molar-refractivity contribution is -0.140. The minimum Gasteiger partial charge on any atom is -0.459 e. The van der Waals surface area contributed by atoms with Gasteiger partial charge in [0, 0.05) is 18.7 Å². The van der Waals surface area contributed by atoms with Crippen LogP contribution in [0.1, 0.15) is 49.9 Å². The zero-order valence-corrected chi connectivity index (χ0v) is 16.7. The number of imide groups is 1. The Labute approximate surface area is 169 Å². The van der Waals surface area contributed by atoms with Crippen LogP contribution in [0.25, 0.3) is 0 Å². The molecule has 0 radical (unpaired) electrons. The van der Waals surface area contributed by atoms with Gasteiger partial charge in [-0.15, -0.1) is 0 Å². The molecule has 29 heavy (non-hydrogen) atoms. The fraction of sp³-hybridized carbons (Fsp3) is 0.545. The van der Waals surface area contributed by atoms with Gasteiger partial charge in [0.1, 0.15) is 0 Å². The van der Waals surface area contributed by atoms with Gasteiger partial charge in [0.2, 0.25) is 17.7 Å². The maximum Gasteiger partial charge on any atom is 0.338 e. The Morgan fingerprint density at radius 1 is 1.07 bits per heavy atom. The molecule has 2 bridgehead atoms. The van der Waals surface area contributed by atoms with E-state index in [1.54, 1.807) is 38.1 Å². The second-order valence-corrected chi connectivity index (χ2v) is 8.54. The molecule has 1 aromatic carbocycles. The third kappa shape index (κ3) is 3.66. The summed E-state index contributed by atoms with van der Waals surface area (Å²) in [7, 11) is 0. The number of likely N-dealkylation sites (tertiary alicyclic amines) is 1. The second kappa shape index (κ2) is 7.61. The van der Waals surface area contributed by atoms with Crippen LogP contribution in [-0.2, 0) is 19.1 Å². The first-order valence-corrected chi connectivity index (χ1v) is 10.3. The Morgan fingerprint density at radius 3 is 2.21 bits per heavy atom. The molecule has 3 fully saturated rings. The molecule has 1 heterocycles. The van der Waals surface area contributed by atoms with Crippen LogP contribution in [0.2, 0.25) is 0 Å². The van der Waals surface area contributed by atoms with Crippen LogP contribution in [0.4, 0.5) is 5.69 Å². The van der Waals surface area contributed by atoms with Crippen molar-refractivity contribution in [3.8, 4) is 0 Å². The third-order valence-electron chi connectivity index (χ3n) is 6.33. The molecular weight excluding hydrogens is 372 g/mol. The van der Waals surface area contributed by atoms with Gasteiger partial charge in [-0.05, 0) is 69.2 Å². The number of hydrogen-bond donors (Lipinski definition) is 1. The van der Waals surface area contributed by atoms with E-state index in [1.165, 1.54) is 4.90 Å². The van der Waals surface area contributed by atoms with Crippen molar-refractivity contribution in [3.63, 3.8) is 0 Å². The van der Waals surface area contributed by atoms with Crippen LogP contribution in [0.5, 0.6) is 0 Å². The molecular formula is C22H26N2O5. The Hall–Kier alpha value is -2.70. The van der Waals surface area contributed by atoms with Crippen molar-refractivity contribution in [1.29, 1.82) is 0 Å². The number of hydrogen-bond acceptors (Lipinski definition) is 5. The Kier molecular flexibility index (Phi) is 5.15. The molecule has 2 aliphatic carbocycles. The number of anilines is 1. The summed E-state index contributed by atoms with van der Waals surface area (Å²) in [6.07, 6.45) is 2.94. The number of benzene rings is 1. The maximum atomic E-state index is 12.7. The van der Waals surface area contributed by atoms with Gasteiger partial charge in [-0.2, -0.15) is 0 Å². The number of nitrogens with zero attached hydrogens (tertiary/aromatic N) is 1. The summed E-state index contributed by atoms with van der Waals surface area (Å²) in [6, 6.07) is 6.43. The molecule has 1 aliphatic heterocycles. The van der Waals surface area contributed by atoms with E-state index in [-0.39, 0.29) is 48.6 Å². The summed E-state index contributed by atoms with van der Waals surface area (Å²) in [5, 5.41) is 2.74. The normalized spacial score (nSPS) is 27.5. The van der Waals surface area contributed by atoms with E-state index in [4.69, 9.17) is 4.74 Å². The molecule has 4 atom stereocenters. The molecule has 0 unspecified atom stereocenters. The van der Waals surface area contributed by atoms with Crippen molar-refractivity contribution >= 4 is 29.4 Å². The SMILES string of the molecule is CC(C)OC(=O)c1ccc(NC(=O)CCN2C(=O)[C@H]3[C@H]4CC[C@@H](C4)[C@@H]3C2=O)cc1. The molecule has 3 aliphatic rings. The predicted octanol–water partition coefficient (Wildman–Crippen LogP) is 2.61. The Balaban J connectivity index is 1.30. The van der Waals surface area contributed by atoms with Crippen molar-refractivity contribution in [1.82, 2.24) is 4.90 Å². The van der Waals surface area contributed by atoms with Gasteiger partial charge in [-0.1, -0.05) is 0 Å². The number of ether oxygens (including phenoxy) is 1. The van der Waals surface area contributed by atoms with E-state index in [0.29, 0.717) is 23.1 Å². The van der Waals surface area contributed by atoms with Gasteiger partial charge in [0.15, 0.2) is 0 Å². The standard InChI is InChI=1S/C22H26N2O5/c1-12(2)29-22(28)13-5-7-16(8-6-13)23-17(25)9-10-24-20(26)18-14-3-4-15(11-14)19(18)21(24)27/h5-8,12,14-15,18-19H,3-4,9-11H2,1-2H3,(H,23,25)/t14-,15-,18-,19-/m0/s1. The van der Waals surface area contributed by atoms with Gasteiger partial charge < -0.3 is 10.1 Å². The van der Waals surface area contributed by atoms with Crippen molar-refractivity contribution in [2.75, 3.05) is 11.9 Å². The Bertz CT molecular complexity index is 819. The number of esters is 1. The van der Waals surface area contributed by atoms with E-state index >= 15 is 0 Å². The summed E-state index contributed by atoms with van der Waals surface area (Å²) >= 11 is 0. The average molecular weight is 398 g/mol. The number of carbonyl (C=O) groups is 4. The number of carbonyl (C=O) groups excluding carboxylic acids is 4. The van der Waals surface area contributed by atoms with Crippen LogP contribution in [0.3, 0.4) is 0 Å². The summed E-state index contributed by atoms with van der Waals surface area (Å²) in [6.45, 7) is 3.68. The Morgan fingerprint density at radius 2 is 1.66 bits per heavy atom. The van der Waals surface area contributed by atoms with Crippen molar-refractivity contribution in [2.45, 2.75) is 45.6 Å². The minimum absolute atomic E-state index is 0.0589. The molecule has 154 valence electrons. The zero-order chi connectivity index (χ0) is 20.7. The van der Waals surface area contributed by atoms with Gasteiger partial charge in [0.25, 0.3) is 0 Å². The third-order valence-corrected chi connectivity index (χ3v) is 6.33. The molecule has 2 saturated carbocycles. The molecule has 4 rings (SSSR count). The molecule has 1 saturated heterocycles. The maximum absolute atomic E-state index is 12.7. The van der Waals surface area contributed by atoms with E-state index in [9.17, 15) is 19.2 Å². The first kappa shape index (κ1) is 19.6. The fourth-order valence-electron chi connectivity index (χ4n) is 5.10. The first-order valence-electron chi connectivity index (χ1n) is 10.3. The highest BCUT2D eigenvalue weighted by Crippen LogP contribution is 2.56. The predicted molar refractivity (Wildman–Crippen MR) is 105 cm³/mol. The number of rotatable bonds is 6. The number of nitrogens with one attached hydrogen (secondary N) is 1. The first-order chi connectivity index (χ1) is 13.8. The van der Waals surface area contributed by atoms with Crippen LogP contribution in [-0.4, -0.2) is 41.2 Å². The molecule has 1 N–H and O–H groups in total. The van der Waals surface area contributed by atoms with Gasteiger partial charge in [-0.3, -0.25) is 19.3 Å². The highest BCUT2D eigenvalue weighted by Gasteiger charge is 2.60. The van der Waals surface area contributed by atoms with E-state index in [1.807, 2.05) is 0 Å². The van der Waals surface area contributed by atoms with Gasteiger partial charge in [0.05, 0.1) is 23.5 Å². The summed E-state index contributed by atoms with van der Waals surface area (Å²) in [4.78, 5) is 50.8. The molecule has 1 aromatic rings. The minimum atomic E-state index is -0.413. The summed E-state index contributed by atoms with van der Waals surface area (Å²) in [5.74, 6) is -0.472. The lowest BCUT2D eigenvalue weighted by Crippen LogP contribution is -2.35. The monoisotopic (exact) mass is 398 g/mol. The number of amides is 3. The zero-order valence-electron chi connectivity index (χ0n) is 16.7. The molecule has 7 heteroatoms. The van der Waals surface area contributed by atoms with E-state index in [2.05, 4.69) is 5.32 Å². The highest BCUT2D eigenvalue weighted by molar-refractivity contribution is 6.06. The molecule has 0 spiro atoms. The fourth-order valence-corrected chi connectivity index (χ4v) is 5.10.